The molecule has 0 atom stereocenters. The lowest BCUT2D eigenvalue weighted by Gasteiger charge is -2.09. The molecule has 0 bridgehead atoms. The van der Waals surface area contributed by atoms with Crippen molar-refractivity contribution in [3.8, 4) is 11.3 Å². The van der Waals surface area contributed by atoms with E-state index in [1.807, 2.05) is 30.3 Å². The molecule has 0 spiro atoms. The van der Waals surface area contributed by atoms with E-state index < -0.39 is 0 Å². The lowest BCUT2D eigenvalue weighted by atomic mass is 10.1. The monoisotopic (exact) mass is 331 g/mol. The van der Waals surface area contributed by atoms with Crippen LogP contribution in [0.15, 0.2) is 48.5 Å². The number of aromatic nitrogens is 3. The second-order valence-corrected chi connectivity index (χ2v) is 5.33. The molecule has 0 fully saturated rings. The summed E-state index contributed by atoms with van der Waals surface area (Å²) in [6.07, 6.45) is 0. The molecule has 1 heterocycles. The number of hydrogen-bond acceptors (Lipinski definition) is 5. The Labute approximate surface area is 137 Å². The van der Waals surface area contributed by atoms with E-state index in [0.29, 0.717) is 27.4 Å². The van der Waals surface area contributed by atoms with Crippen molar-refractivity contribution in [1.82, 2.24) is 15.2 Å². The van der Waals surface area contributed by atoms with Crippen LogP contribution in [0, 0.1) is 0 Å². The molecule has 0 saturated heterocycles. The molecule has 5 nitrogen and oxygen atoms in total. The summed E-state index contributed by atoms with van der Waals surface area (Å²) in [5, 5.41) is 11.9. The van der Waals surface area contributed by atoms with Crippen LogP contribution in [0.4, 0.5) is 17.5 Å². The van der Waals surface area contributed by atoms with Crippen molar-refractivity contribution in [2.45, 2.75) is 0 Å². The van der Waals surface area contributed by atoms with Crippen LogP contribution in [0.3, 0.4) is 0 Å². The number of nitrogens with zero attached hydrogens (tertiary/aromatic N) is 3. The highest BCUT2D eigenvalue weighted by Crippen LogP contribution is 2.28. The number of rotatable bonds is 3. The van der Waals surface area contributed by atoms with Gasteiger partial charge < -0.3 is 11.1 Å². The highest BCUT2D eigenvalue weighted by molar-refractivity contribution is 6.36. The van der Waals surface area contributed by atoms with Crippen LogP contribution in [-0.2, 0) is 0 Å². The lowest BCUT2D eigenvalue weighted by molar-refractivity contribution is 0.994. The molecule has 0 aliphatic heterocycles. The quantitative estimate of drug-likeness (QED) is 0.753. The van der Waals surface area contributed by atoms with Gasteiger partial charge in [0.1, 0.15) is 5.69 Å². The Morgan fingerprint density at radius 3 is 2.45 bits per heavy atom. The van der Waals surface area contributed by atoms with E-state index >= 15 is 0 Å². The van der Waals surface area contributed by atoms with Gasteiger partial charge in [-0.1, -0.05) is 53.5 Å². The summed E-state index contributed by atoms with van der Waals surface area (Å²) >= 11 is 12.0. The predicted molar refractivity (Wildman–Crippen MR) is 89.4 cm³/mol. The summed E-state index contributed by atoms with van der Waals surface area (Å²) in [4.78, 5) is 4.40. The van der Waals surface area contributed by atoms with E-state index in [2.05, 4.69) is 20.5 Å². The van der Waals surface area contributed by atoms with E-state index in [1.54, 1.807) is 18.2 Å². The van der Waals surface area contributed by atoms with Crippen molar-refractivity contribution in [2.24, 2.45) is 0 Å². The zero-order valence-electron chi connectivity index (χ0n) is 11.3. The first-order valence-corrected chi connectivity index (χ1v) is 7.17. The van der Waals surface area contributed by atoms with E-state index in [0.717, 1.165) is 5.56 Å². The van der Waals surface area contributed by atoms with Crippen molar-refractivity contribution in [1.29, 1.82) is 0 Å². The fraction of sp³-hybridized carbons (Fsp3) is 0. The molecule has 0 amide bonds. The maximum atomic E-state index is 6.12. The molecule has 2 aromatic carbocycles. The first-order chi connectivity index (χ1) is 10.6. The Morgan fingerprint density at radius 2 is 1.73 bits per heavy atom. The Morgan fingerprint density at radius 1 is 0.955 bits per heavy atom. The molecule has 3 rings (SSSR count). The molecule has 3 N–H and O–H groups in total. The maximum absolute atomic E-state index is 6.12. The maximum Gasteiger partial charge on any atom is 0.247 e. The number of nitrogen functional groups attached to an aromatic ring is 1. The number of nitrogens with one attached hydrogen (secondary N) is 1. The normalized spacial score (nSPS) is 10.5. The van der Waals surface area contributed by atoms with Gasteiger partial charge in [-0.05, 0) is 18.2 Å². The van der Waals surface area contributed by atoms with Crippen LogP contribution in [0.25, 0.3) is 11.3 Å². The highest BCUT2D eigenvalue weighted by atomic mass is 35.5. The van der Waals surface area contributed by atoms with Gasteiger partial charge >= 0.3 is 0 Å². The van der Waals surface area contributed by atoms with Gasteiger partial charge in [0.05, 0.1) is 10.7 Å². The smallest absolute Gasteiger partial charge is 0.247 e. The molecule has 0 aliphatic carbocycles. The van der Waals surface area contributed by atoms with Crippen molar-refractivity contribution in [3.05, 3.63) is 58.6 Å². The number of anilines is 3. The summed E-state index contributed by atoms with van der Waals surface area (Å²) in [6, 6.07) is 14.6. The van der Waals surface area contributed by atoms with Gasteiger partial charge in [0.2, 0.25) is 5.95 Å². The van der Waals surface area contributed by atoms with Gasteiger partial charge in [-0.15, -0.1) is 10.2 Å². The van der Waals surface area contributed by atoms with Crippen LogP contribution in [0.5, 0.6) is 0 Å². The average molecular weight is 332 g/mol. The topological polar surface area (TPSA) is 76.7 Å². The van der Waals surface area contributed by atoms with Crippen LogP contribution in [0.1, 0.15) is 0 Å². The van der Waals surface area contributed by atoms with Crippen molar-refractivity contribution in [2.75, 3.05) is 11.1 Å². The van der Waals surface area contributed by atoms with Crippen molar-refractivity contribution in [3.63, 3.8) is 0 Å². The zero-order chi connectivity index (χ0) is 15.5. The second-order valence-electron chi connectivity index (χ2n) is 4.48. The third-order valence-corrected chi connectivity index (χ3v) is 3.49. The summed E-state index contributed by atoms with van der Waals surface area (Å²) in [5.74, 6) is 0.566. The Balaban J connectivity index is 1.96. The molecular formula is C15H11Cl2N5. The van der Waals surface area contributed by atoms with Crippen LogP contribution < -0.4 is 11.1 Å². The number of benzene rings is 2. The van der Waals surface area contributed by atoms with Crippen LogP contribution >= 0.6 is 23.2 Å². The Bertz CT molecular complexity index is 808. The fourth-order valence-corrected chi connectivity index (χ4v) is 2.36. The summed E-state index contributed by atoms with van der Waals surface area (Å²) in [7, 11) is 0. The molecule has 1 aromatic heterocycles. The van der Waals surface area contributed by atoms with Gasteiger partial charge in [0.25, 0.3) is 0 Å². The number of nitrogens with two attached hydrogens (primary N) is 1. The lowest BCUT2D eigenvalue weighted by Crippen LogP contribution is -2.05. The van der Waals surface area contributed by atoms with Gasteiger partial charge in [0, 0.05) is 10.6 Å². The first kappa shape index (κ1) is 14.6. The van der Waals surface area contributed by atoms with Crippen LogP contribution in [-0.4, -0.2) is 15.2 Å². The molecule has 22 heavy (non-hydrogen) atoms. The van der Waals surface area contributed by atoms with Crippen LogP contribution in [0.2, 0.25) is 10.0 Å². The van der Waals surface area contributed by atoms with Gasteiger partial charge in [-0.25, -0.2) is 4.98 Å². The first-order valence-electron chi connectivity index (χ1n) is 6.41. The number of hydrogen-bond donors (Lipinski definition) is 2. The minimum absolute atomic E-state index is 0.263. The minimum atomic E-state index is 0.263. The molecule has 3 aromatic rings. The third-order valence-electron chi connectivity index (χ3n) is 2.94. The van der Waals surface area contributed by atoms with Gasteiger partial charge in [0.15, 0.2) is 5.82 Å². The largest absolute Gasteiger partial charge is 0.380 e. The van der Waals surface area contributed by atoms with E-state index in [9.17, 15) is 0 Å². The second kappa shape index (κ2) is 6.17. The van der Waals surface area contributed by atoms with Gasteiger partial charge in [-0.3, -0.25) is 0 Å². The van der Waals surface area contributed by atoms with Crippen molar-refractivity contribution >= 4 is 40.7 Å². The minimum Gasteiger partial charge on any atom is -0.380 e. The zero-order valence-corrected chi connectivity index (χ0v) is 12.8. The summed E-state index contributed by atoms with van der Waals surface area (Å²) in [6.45, 7) is 0. The molecule has 0 aliphatic rings. The summed E-state index contributed by atoms with van der Waals surface area (Å²) in [5.41, 5.74) is 7.91. The Hall–Kier alpha value is -2.37. The van der Waals surface area contributed by atoms with Gasteiger partial charge in [-0.2, -0.15) is 0 Å². The standard InChI is InChI=1S/C15H11Cl2N5/c16-10-6-7-12(11(17)8-10)19-15-20-13(14(18)21-22-15)9-4-2-1-3-5-9/h1-8H,(H2,18,21)(H,19,20,22). The molecule has 0 unspecified atom stereocenters. The fourth-order valence-electron chi connectivity index (χ4n) is 1.91. The predicted octanol–water partition coefficient (Wildman–Crippen LogP) is 4.17. The number of halogens is 2. The Kier molecular flexibility index (Phi) is 4.09. The SMILES string of the molecule is Nc1nnc(Nc2ccc(Cl)cc2Cl)nc1-c1ccccc1. The van der Waals surface area contributed by atoms with Crippen molar-refractivity contribution < 1.29 is 0 Å². The molecule has 0 saturated carbocycles. The third kappa shape index (κ3) is 3.10. The van der Waals surface area contributed by atoms with E-state index in [1.165, 1.54) is 0 Å². The summed E-state index contributed by atoms with van der Waals surface area (Å²) < 4.78 is 0. The highest BCUT2D eigenvalue weighted by Gasteiger charge is 2.10. The average Bonchev–Trinajstić information content (AvgIpc) is 2.52. The van der Waals surface area contributed by atoms with E-state index in [4.69, 9.17) is 28.9 Å². The molecular weight excluding hydrogens is 321 g/mol. The molecule has 0 radical (unpaired) electrons. The molecule has 7 heteroatoms. The molecule has 110 valence electrons. The van der Waals surface area contributed by atoms with E-state index in [-0.39, 0.29) is 5.82 Å².